The summed E-state index contributed by atoms with van der Waals surface area (Å²) in [6, 6.07) is -0.431. The third kappa shape index (κ3) is 9.00. The topological polar surface area (TPSA) is 78.4 Å². The van der Waals surface area contributed by atoms with Crippen LogP contribution in [-0.2, 0) is 4.79 Å². The van der Waals surface area contributed by atoms with Gasteiger partial charge in [-0.15, -0.1) is 0 Å². The van der Waals surface area contributed by atoms with Crippen LogP contribution in [0.4, 0.5) is 4.79 Å². The van der Waals surface area contributed by atoms with E-state index in [-0.39, 0.29) is 6.54 Å². The molecule has 0 rings (SSSR count). The highest BCUT2D eigenvalue weighted by Crippen LogP contribution is 1.94. The lowest BCUT2D eigenvalue weighted by atomic mass is 10.6. The molecule has 0 aromatic rings. The molecule has 0 aliphatic heterocycles. The SMILES string of the molecule is CCSCCNC(=O)NCC(=O)O. The van der Waals surface area contributed by atoms with E-state index in [4.69, 9.17) is 5.11 Å². The van der Waals surface area contributed by atoms with Crippen molar-refractivity contribution in [2.45, 2.75) is 6.92 Å². The van der Waals surface area contributed by atoms with E-state index in [1.54, 1.807) is 11.8 Å². The summed E-state index contributed by atoms with van der Waals surface area (Å²) in [5.74, 6) is 0.813. The number of nitrogens with one attached hydrogen (secondary N) is 2. The highest BCUT2D eigenvalue weighted by atomic mass is 32.2. The Morgan fingerprint density at radius 1 is 1.38 bits per heavy atom. The van der Waals surface area contributed by atoms with Gasteiger partial charge < -0.3 is 15.7 Å². The van der Waals surface area contributed by atoms with E-state index in [9.17, 15) is 9.59 Å². The maximum Gasteiger partial charge on any atom is 0.323 e. The summed E-state index contributed by atoms with van der Waals surface area (Å²) >= 11 is 1.72. The molecule has 76 valence electrons. The Balaban J connectivity index is 3.25. The van der Waals surface area contributed by atoms with Gasteiger partial charge in [0.2, 0.25) is 0 Å². The first kappa shape index (κ1) is 12.1. The van der Waals surface area contributed by atoms with Crippen LogP contribution in [0.15, 0.2) is 0 Å². The van der Waals surface area contributed by atoms with Crippen LogP contribution < -0.4 is 10.6 Å². The Hall–Kier alpha value is -0.910. The highest BCUT2D eigenvalue weighted by molar-refractivity contribution is 7.99. The minimum atomic E-state index is -1.04. The number of carbonyl (C=O) groups excluding carboxylic acids is 1. The molecule has 2 amide bonds. The molecule has 0 aliphatic rings. The zero-order valence-corrected chi connectivity index (χ0v) is 8.32. The number of thioether (sulfide) groups is 1. The number of amides is 2. The maximum absolute atomic E-state index is 10.8. The van der Waals surface area contributed by atoms with E-state index in [0.717, 1.165) is 11.5 Å². The quantitative estimate of drug-likeness (QED) is 0.539. The second-order valence-electron chi connectivity index (χ2n) is 2.20. The van der Waals surface area contributed by atoms with Crippen molar-refractivity contribution in [2.24, 2.45) is 0 Å². The lowest BCUT2D eigenvalue weighted by Gasteiger charge is -2.04. The normalized spacial score (nSPS) is 9.31. The van der Waals surface area contributed by atoms with Gasteiger partial charge in [-0.3, -0.25) is 4.79 Å². The molecule has 0 heterocycles. The molecular formula is C7H14N2O3S. The molecular weight excluding hydrogens is 192 g/mol. The minimum Gasteiger partial charge on any atom is -0.480 e. The Kier molecular flexibility index (Phi) is 7.18. The lowest BCUT2D eigenvalue weighted by Crippen LogP contribution is -2.39. The minimum absolute atomic E-state index is 0.341. The molecule has 0 atom stereocenters. The van der Waals surface area contributed by atoms with E-state index in [2.05, 4.69) is 10.6 Å². The summed E-state index contributed by atoms with van der Waals surface area (Å²) in [6.45, 7) is 2.26. The van der Waals surface area contributed by atoms with Crippen molar-refractivity contribution < 1.29 is 14.7 Å². The fourth-order valence-corrected chi connectivity index (χ4v) is 1.13. The molecule has 13 heavy (non-hydrogen) atoms. The summed E-state index contributed by atoms with van der Waals surface area (Å²) in [4.78, 5) is 20.8. The molecule has 0 fully saturated rings. The summed E-state index contributed by atoms with van der Waals surface area (Å²) in [5.41, 5.74) is 0. The molecule has 0 aliphatic carbocycles. The van der Waals surface area contributed by atoms with Gasteiger partial charge in [-0.25, -0.2) is 4.79 Å². The predicted molar refractivity (Wildman–Crippen MR) is 52.0 cm³/mol. The average Bonchev–Trinajstić information content (AvgIpc) is 2.09. The number of carboxylic acid groups (broad SMARTS) is 1. The second-order valence-corrected chi connectivity index (χ2v) is 3.59. The van der Waals surface area contributed by atoms with Gasteiger partial charge in [0.1, 0.15) is 6.54 Å². The number of aliphatic carboxylic acids is 1. The Labute approximate surface area is 81.3 Å². The van der Waals surface area contributed by atoms with E-state index < -0.39 is 12.0 Å². The molecule has 0 saturated heterocycles. The summed E-state index contributed by atoms with van der Waals surface area (Å²) in [6.07, 6.45) is 0. The first-order chi connectivity index (χ1) is 6.16. The van der Waals surface area contributed by atoms with Gasteiger partial charge in [0.15, 0.2) is 0 Å². The molecule has 0 unspecified atom stereocenters. The van der Waals surface area contributed by atoms with Crippen LogP contribution in [0.25, 0.3) is 0 Å². The zero-order valence-electron chi connectivity index (χ0n) is 7.50. The van der Waals surface area contributed by atoms with Crippen molar-refractivity contribution >= 4 is 23.8 Å². The Bertz CT molecular complexity index is 175. The third-order valence-electron chi connectivity index (χ3n) is 1.14. The van der Waals surface area contributed by atoms with Crippen LogP contribution in [0.5, 0.6) is 0 Å². The molecule has 0 radical (unpaired) electrons. The molecule has 5 nitrogen and oxygen atoms in total. The van der Waals surface area contributed by atoms with Crippen LogP contribution in [0.1, 0.15) is 6.92 Å². The molecule has 3 N–H and O–H groups in total. The van der Waals surface area contributed by atoms with Crippen LogP contribution in [0.3, 0.4) is 0 Å². The van der Waals surface area contributed by atoms with Crippen LogP contribution in [0, 0.1) is 0 Å². The standard InChI is InChI=1S/C7H14N2O3S/c1-2-13-4-3-8-7(12)9-5-6(10)11/h2-5H2,1H3,(H,10,11)(H2,8,9,12). The van der Waals surface area contributed by atoms with E-state index in [1.165, 1.54) is 0 Å². The largest absolute Gasteiger partial charge is 0.480 e. The molecule has 0 bridgehead atoms. The fraction of sp³-hybridized carbons (Fsp3) is 0.714. The number of carboxylic acids is 1. The van der Waals surface area contributed by atoms with Gasteiger partial charge in [0.05, 0.1) is 0 Å². The summed E-state index contributed by atoms with van der Waals surface area (Å²) in [7, 11) is 0. The van der Waals surface area contributed by atoms with Gasteiger partial charge in [0, 0.05) is 12.3 Å². The van der Waals surface area contributed by atoms with Crippen molar-refractivity contribution in [3.05, 3.63) is 0 Å². The number of hydrogen-bond acceptors (Lipinski definition) is 3. The molecule has 6 heteroatoms. The van der Waals surface area contributed by atoms with Crippen molar-refractivity contribution in [3.8, 4) is 0 Å². The van der Waals surface area contributed by atoms with Crippen LogP contribution in [0.2, 0.25) is 0 Å². The number of urea groups is 1. The monoisotopic (exact) mass is 206 g/mol. The van der Waals surface area contributed by atoms with E-state index in [0.29, 0.717) is 6.54 Å². The Morgan fingerprint density at radius 2 is 2.08 bits per heavy atom. The number of hydrogen-bond donors (Lipinski definition) is 3. The predicted octanol–water partition coefficient (Wildman–Crippen LogP) is 0.123. The average molecular weight is 206 g/mol. The number of carbonyl (C=O) groups is 2. The second kappa shape index (κ2) is 7.72. The summed E-state index contributed by atoms with van der Waals surface area (Å²) in [5, 5.41) is 13.0. The lowest BCUT2D eigenvalue weighted by molar-refractivity contribution is -0.135. The maximum atomic E-state index is 10.8. The van der Waals surface area contributed by atoms with Crippen molar-refractivity contribution in [2.75, 3.05) is 24.6 Å². The van der Waals surface area contributed by atoms with Crippen LogP contribution >= 0.6 is 11.8 Å². The fourth-order valence-electron chi connectivity index (χ4n) is 0.599. The first-order valence-electron chi connectivity index (χ1n) is 3.98. The van der Waals surface area contributed by atoms with Crippen LogP contribution in [-0.4, -0.2) is 41.7 Å². The Morgan fingerprint density at radius 3 is 2.62 bits per heavy atom. The molecule has 0 aromatic heterocycles. The van der Waals surface area contributed by atoms with E-state index >= 15 is 0 Å². The third-order valence-corrected chi connectivity index (χ3v) is 2.04. The van der Waals surface area contributed by atoms with E-state index in [1.807, 2.05) is 6.92 Å². The smallest absolute Gasteiger partial charge is 0.323 e. The zero-order chi connectivity index (χ0) is 10.1. The van der Waals surface area contributed by atoms with Crippen molar-refractivity contribution in [1.29, 1.82) is 0 Å². The van der Waals surface area contributed by atoms with Crippen molar-refractivity contribution in [1.82, 2.24) is 10.6 Å². The van der Waals surface area contributed by atoms with Gasteiger partial charge in [-0.1, -0.05) is 6.92 Å². The van der Waals surface area contributed by atoms with Gasteiger partial charge in [0.25, 0.3) is 0 Å². The summed E-state index contributed by atoms with van der Waals surface area (Å²) < 4.78 is 0. The molecule has 0 spiro atoms. The van der Waals surface area contributed by atoms with Crippen molar-refractivity contribution in [3.63, 3.8) is 0 Å². The molecule has 0 aromatic carbocycles. The molecule has 0 saturated carbocycles. The first-order valence-corrected chi connectivity index (χ1v) is 5.13. The number of rotatable bonds is 6. The van der Waals surface area contributed by atoms with Gasteiger partial charge in [-0.05, 0) is 5.75 Å². The van der Waals surface area contributed by atoms with Gasteiger partial charge in [-0.2, -0.15) is 11.8 Å². The van der Waals surface area contributed by atoms with Gasteiger partial charge >= 0.3 is 12.0 Å². The highest BCUT2D eigenvalue weighted by Gasteiger charge is 2.01.